The van der Waals surface area contributed by atoms with E-state index in [0.29, 0.717) is 24.7 Å². The molecule has 0 bridgehead atoms. The lowest BCUT2D eigenvalue weighted by Gasteiger charge is -2.07. The number of hydrogen-bond acceptors (Lipinski definition) is 5. The monoisotopic (exact) mass is 275 g/mol. The normalized spacial score (nSPS) is 12.3. The maximum Gasteiger partial charge on any atom is 0.228 e. The Balaban J connectivity index is 1.84. The Morgan fingerprint density at radius 2 is 2.15 bits per heavy atom. The third kappa shape index (κ3) is 3.81. The number of aryl methyl sites for hydroxylation is 1. The van der Waals surface area contributed by atoms with Gasteiger partial charge in [0, 0.05) is 25.3 Å². The van der Waals surface area contributed by atoms with E-state index < -0.39 is 0 Å². The lowest BCUT2D eigenvalue weighted by molar-refractivity contribution is 0.0683. The summed E-state index contributed by atoms with van der Waals surface area (Å²) in [5, 5.41) is 7.31. The quantitative estimate of drug-likeness (QED) is 0.841. The van der Waals surface area contributed by atoms with Crippen LogP contribution in [0.1, 0.15) is 37.2 Å². The van der Waals surface area contributed by atoms with Crippen LogP contribution in [0.25, 0.3) is 0 Å². The molecule has 1 atom stereocenters. The number of para-hydroxylation sites is 1. The van der Waals surface area contributed by atoms with E-state index in [1.165, 1.54) is 5.56 Å². The molecule has 1 aromatic heterocycles. The van der Waals surface area contributed by atoms with Gasteiger partial charge < -0.3 is 14.6 Å². The third-order valence-electron chi connectivity index (χ3n) is 3.06. The van der Waals surface area contributed by atoms with Crippen LogP contribution in [0.2, 0.25) is 0 Å². The maximum atomic E-state index is 5.43. The molecule has 1 unspecified atom stereocenters. The number of nitrogens with one attached hydrogen (secondary N) is 1. The maximum absolute atomic E-state index is 5.43. The van der Waals surface area contributed by atoms with Crippen molar-refractivity contribution in [2.45, 2.75) is 33.3 Å². The van der Waals surface area contributed by atoms with Crippen LogP contribution in [0.3, 0.4) is 0 Å². The Morgan fingerprint density at radius 1 is 1.35 bits per heavy atom. The number of hydrogen-bond donors (Lipinski definition) is 1. The molecule has 0 saturated carbocycles. The van der Waals surface area contributed by atoms with Gasteiger partial charge in [0.25, 0.3) is 0 Å². The van der Waals surface area contributed by atoms with Crippen LogP contribution in [0.4, 0.5) is 5.69 Å². The summed E-state index contributed by atoms with van der Waals surface area (Å²) in [6.07, 6.45) is 0.571. The number of nitrogens with zero attached hydrogens (tertiary/aromatic N) is 2. The molecule has 0 amide bonds. The number of rotatable bonds is 7. The second-order valence-electron chi connectivity index (χ2n) is 4.64. The number of benzene rings is 1. The molecule has 2 aromatic rings. The largest absolute Gasteiger partial charge is 0.384 e. The molecule has 0 radical (unpaired) electrons. The van der Waals surface area contributed by atoms with Crippen molar-refractivity contribution in [1.29, 1.82) is 0 Å². The van der Waals surface area contributed by atoms with Gasteiger partial charge in [-0.2, -0.15) is 4.98 Å². The predicted octanol–water partition coefficient (Wildman–Crippen LogP) is 3.13. The minimum Gasteiger partial charge on any atom is -0.384 e. The molecule has 0 aliphatic heterocycles. The first-order valence-corrected chi connectivity index (χ1v) is 6.94. The van der Waals surface area contributed by atoms with Gasteiger partial charge in [-0.15, -0.1) is 0 Å². The first-order chi connectivity index (χ1) is 9.70. The molecule has 0 spiro atoms. The standard InChI is InChI=1S/C15H21N3O2/c1-4-19-12(3)15-17-14(20-18-15)9-10-16-13-8-6-5-7-11(13)2/h5-8,12,16H,4,9-10H2,1-3H3. The topological polar surface area (TPSA) is 60.2 Å². The lowest BCUT2D eigenvalue weighted by Crippen LogP contribution is -2.06. The van der Waals surface area contributed by atoms with Gasteiger partial charge in [-0.3, -0.25) is 0 Å². The second kappa shape index (κ2) is 7.05. The van der Waals surface area contributed by atoms with Gasteiger partial charge in [-0.1, -0.05) is 23.4 Å². The van der Waals surface area contributed by atoms with E-state index in [-0.39, 0.29) is 6.10 Å². The smallest absolute Gasteiger partial charge is 0.228 e. The summed E-state index contributed by atoms with van der Waals surface area (Å²) in [6.45, 7) is 7.35. The van der Waals surface area contributed by atoms with Gasteiger partial charge in [0.2, 0.25) is 5.89 Å². The van der Waals surface area contributed by atoms with Gasteiger partial charge >= 0.3 is 0 Å². The summed E-state index contributed by atoms with van der Waals surface area (Å²) in [4.78, 5) is 4.34. The van der Waals surface area contributed by atoms with Crippen LogP contribution < -0.4 is 5.32 Å². The molecule has 2 rings (SSSR count). The Kier molecular flexibility index (Phi) is 5.12. The van der Waals surface area contributed by atoms with E-state index in [1.807, 2.05) is 26.0 Å². The predicted molar refractivity (Wildman–Crippen MR) is 77.7 cm³/mol. The van der Waals surface area contributed by atoms with Crippen LogP contribution in [-0.2, 0) is 11.2 Å². The van der Waals surface area contributed by atoms with Gasteiger partial charge in [-0.05, 0) is 32.4 Å². The number of anilines is 1. The van der Waals surface area contributed by atoms with Crippen molar-refractivity contribution in [2.24, 2.45) is 0 Å². The van der Waals surface area contributed by atoms with E-state index >= 15 is 0 Å². The highest BCUT2D eigenvalue weighted by molar-refractivity contribution is 5.50. The van der Waals surface area contributed by atoms with Crippen LogP contribution in [0.15, 0.2) is 28.8 Å². The van der Waals surface area contributed by atoms with Crippen molar-refractivity contribution in [3.8, 4) is 0 Å². The molecule has 0 saturated heterocycles. The van der Waals surface area contributed by atoms with E-state index in [1.54, 1.807) is 0 Å². The molecule has 1 aromatic carbocycles. The van der Waals surface area contributed by atoms with Crippen molar-refractivity contribution in [2.75, 3.05) is 18.5 Å². The van der Waals surface area contributed by atoms with Gasteiger partial charge in [0.1, 0.15) is 6.10 Å². The molecule has 0 aliphatic rings. The molecular weight excluding hydrogens is 254 g/mol. The van der Waals surface area contributed by atoms with Gasteiger partial charge in [0.15, 0.2) is 5.82 Å². The van der Waals surface area contributed by atoms with E-state index in [0.717, 1.165) is 12.2 Å². The van der Waals surface area contributed by atoms with E-state index in [9.17, 15) is 0 Å². The summed E-state index contributed by atoms with van der Waals surface area (Å²) in [5.41, 5.74) is 2.36. The van der Waals surface area contributed by atoms with Gasteiger partial charge in [0.05, 0.1) is 0 Å². The summed E-state index contributed by atoms with van der Waals surface area (Å²) >= 11 is 0. The van der Waals surface area contributed by atoms with Gasteiger partial charge in [-0.25, -0.2) is 0 Å². The summed E-state index contributed by atoms with van der Waals surface area (Å²) in [5.74, 6) is 1.24. The molecule has 1 heterocycles. The fraction of sp³-hybridized carbons (Fsp3) is 0.467. The molecule has 5 nitrogen and oxygen atoms in total. The van der Waals surface area contributed by atoms with Crippen molar-refractivity contribution in [3.63, 3.8) is 0 Å². The average Bonchev–Trinajstić information content (AvgIpc) is 2.90. The number of ether oxygens (including phenoxy) is 1. The van der Waals surface area contributed by atoms with E-state index in [2.05, 4.69) is 34.5 Å². The fourth-order valence-corrected chi connectivity index (χ4v) is 1.93. The van der Waals surface area contributed by atoms with Crippen molar-refractivity contribution >= 4 is 5.69 Å². The molecule has 0 aliphatic carbocycles. The van der Waals surface area contributed by atoms with Crippen molar-refractivity contribution < 1.29 is 9.26 Å². The van der Waals surface area contributed by atoms with Crippen molar-refractivity contribution in [1.82, 2.24) is 10.1 Å². The Morgan fingerprint density at radius 3 is 2.90 bits per heavy atom. The Hall–Kier alpha value is -1.88. The first kappa shape index (κ1) is 14.5. The summed E-state index contributed by atoms with van der Waals surface area (Å²) in [6, 6.07) is 8.19. The lowest BCUT2D eigenvalue weighted by atomic mass is 10.2. The van der Waals surface area contributed by atoms with Crippen LogP contribution in [0.5, 0.6) is 0 Å². The average molecular weight is 275 g/mol. The molecule has 108 valence electrons. The Bertz CT molecular complexity index is 539. The zero-order valence-corrected chi connectivity index (χ0v) is 12.2. The SMILES string of the molecule is CCOC(C)c1noc(CCNc2ccccc2C)n1. The highest BCUT2D eigenvalue weighted by atomic mass is 16.5. The molecule has 0 fully saturated rings. The molecule has 5 heteroatoms. The van der Waals surface area contributed by atoms with E-state index in [4.69, 9.17) is 9.26 Å². The van der Waals surface area contributed by atoms with Crippen LogP contribution in [0, 0.1) is 6.92 Å². The first-order valence-electron chi connectivity index (χ1n) is 6.94. The van der Waals surface area contributed by atoms with Crippen molar-refractivity contribution in [3.05, 3.63) is 41.5 Å². The zero-order valence-electron chi connectivity index (χ0n) is 12.2. The Labute approximate surface area is 119 Å². The fourth-order valence-electron chi connectivity index (χ4n) is 1.93. The number of aromatic nitrogens is 2. The minimum atomic E-state index is -0.123. The minimum absolute atomic E-state index is 0.123. The summed E-state index contributed by atoms with van der Waals surface area (Å²) in [7, 11) is 0. The highest BCUT2D eigenvalue weighted by Crippen LogP contribution is 2.14. The molecule has 20 heavy (non-hydrogen) atoms. The second-order valence-corrected chi connectivity index (χ2v) is 4.64. The highest BCUT2D eigenvalue weighted by Gasteiger charge is 2.13. The molecule has 1 N–H and O–H groups in total. The van der Waals surface area contributed by atoms with Crippen LogP contribution in [-0.4, -0.2) is 23.3 Å². The molecular formula is C15H21N3O2. The van der Waals surface area contributed by atoms with Crippen LogP contribution >= 0.6 is 0 Å². The third-order valence-corrected chi connectivity index (χ3v) is 3.06. The summed E-state index contributed by atoms with van der Waals surface area (Å²) < 4.78 is 10.6. The zero-order chi connectivity index (χ0) is 14.4.